The lowest BCUT2D eigenvalue weighted by Crippen LogP contribution is -2.41. The number of carboxylic acids is 1. The van der Waals surface area contributed by atoms with Gasteiger partial charge in [-0.15, -0.1) is 5.10 Å². The third-order valence-electron chi connectivity index (χ3n) is 5.65. The quantitative estimate of drug-likeness (QED) is 0.593. The molecule has 1 fully saturated rings. The van der Waals surface area contributed by atoms with Gasteiger partial charge in [0.15, 0.2) is 5.82 Å². The Morgan fingerprint density at radius 2 is 1.85 bits per heavy atom. The first-order valence-corrected chi connectivity index (χ1v) is 9.92. The number of fused-ring (bicyclic) bond motifs is 1. The maximum atomic E-state index is 14.8. The van der Waals surface area contributed by atoms with Crippen molar-refractivity contribution in [1.82, 2.24) is 9.78 Å². The highest BCUT2D eigenvalue weighted by Crippen LogP contribution is 2.36. The van der Waals surface area contributed by atoms with Gasteiger partial charge in [0.05, 0.1) is 27.9 Å². The van der Waals surface area contributed by atoms with Crippen LogP contribution in [0.5, 0.6) is 0 Å². The van der Waals surface area contributed by atoms with E-state index >= 15 is 0 Å². The minimum Gasteiger partial charge on any atom is -0.481 e. The van der Waals surface area contributed by atoms with Gasteiger partial charge in [0.25, 0.3) is 5.91 Å². The summed E-state index contributed by atoms with van der Waals surface area (Å²) in [5.41, 5.74) is -1.86. The van der Waals surface area contributed by atoms with Gasteiger partial charge in [0.2, 0.25) is 5.91 Å². The predicted octanol–water partition coefficient (Wildman–Crippen LogP) is 4.02. The van der Waals surface area contributed by atoms with Crippen molar-refractivity contribution in [3.05, 3.63) is 58.9 Å². The topological polar surface area (TPSA) is 92.5 Å². The van der Waals surface area contributed by atoms with Crippen LogP contribution in [0.2, 0.25) is 0 Å². The van der Waals surface area contributed by atoms with E-state index < -0.39 is 46.8 Å². The Hall–Kier alpha value is -3.76. The Morgan fingerprint density at radius 1 is 1.15 bits per heavy atom. The van der Waals surface area contributed by atoms with E-state index in [4.69, 9.17) is 5.11 Å². The highest BCUT2D eigenvalue weighted by molar-refractivity contribution is 6.08. The highest BCUT2D eigenvalue weighted by atomic mass is 19.4. The van der Waals surface area contributed by atoms with E-state index in [9.17, 15) is 31.9 Å². The number of piperidine rings is 1. The van der Waals surface area contributed by atoms with Gasteiger partial charge >= 0.3 is 12.1 Å². The van der Waals surface area contributed by atoms with Gasteiger partial charge in [0, 0.05) is 13.0 Å². The summed E-state index contributed by atoms with van der Waals surface area (Å²) in [5, 5.41) is 13.0. The summed E-state index contributed by atoms with van der Waals surface area (Å²) in [4.78, 5) is 38.2. The molecule has 4 rings (SSSR count). The second-order valence-electron chi connectivity index (χ2n) is 7.74. The molecule has 11 heteroatoms. The zero-order valence-electron chi connectivity index (χ0n) is 17.2. The summed E-state index contributed by atoms with van der Waals surface area (Å²) in [6.07, 6.45) is -5.08. The van der Waals surface area contributed by atoms with Gasteiger partial charge in [0.1, 0.15) is 5.82 Å². The first-order chi connectivity index (χ1) is 15.5. The number of benzene rings is 2. The summed E-state index contributed by atoms with van der Waals surface area (Å²) in [6.45, 7) is 1.25. The van der Waals surface area contributed by atoms with Crippen LogP contribution in [-0.2, 0) is 15.8 Å². The molecule has 3 aromatic rings. The molecule has 33 heavy (non-hydrogen) atoms. The molecule has 172 valence electrons. The number of amides is 1. The zero-order valence-corrected chi connectivity index (χ0v) is 17.2. The van der Waals surface area contributed by atoms with Crippen LogP contribution < -0.4 is 4.90 Å². The fraction of sp³-hybridized carbons (Fsp3) is 0.273. The van der Waals surface area contributed by atoms with E-state index in [0.29, 0.717) is 4.68 Å². The molecule has 1 aliphatic heterocycles. The van der Waals surface area contributed by atoms with Gasteiger partial charge in [-0.1, -0.05) is 18.2 Å². The molecular formula is C22H17F4N3O4. The molecule has 1 aliphatic rings. The lowest BCUT2D eigenvalue weighted by atomic mass is 9.96. The Balaban J connectivity index is 1.87. The van der Waals surface area contributed by atoms with Crippen molar-refractivity contribution < 1.29 is 37.1 Å². The molecule has 7 nitrogen and oxygen atoms in total. The van der Waals surface area contributed by atoms with Gasteiger partial charge in [-0.05, 0) is 37.1 Å². The minimum atomic E-state index is -4.82. The summed E-state index contributed by atoms with van der Waals surface area (Å²) >= 11 is 0. The molecule has 2 heterocycles. The van der Waals surface area contributed by atoms with Crippen molar-refractivity contribution in [3.8, 4) is 0 Å². The third-order valence-corrected chi connectivity index (χ3v) is 5.65. The van der Waals surface area contributed by atoms with E-state index in [1.807, 2.05) is 0 Å². The van der Waals surface area contributed by atoms with Crippen LogP contribution >= 0.6 is 0 Å². The van der Waals surface area contributed by atoms with Crippen molar-refractivity contribution in [1.29, 1.82) is 0 Å². The van der Waals surface area contributed by atoms with Gasteiger partial charge in [-0.25, -0.2) is 4.39 Å². The van der Waals surface area contributed by atoms with E-state index in [0.717, 1.165) is 17.0 Å². The second-order valence-corrected chi connectivity index (χ2v) is 7.74. The molecule has 1 atom stereocenters. The van der Waals surface area contributed by atoms with Crippen LogP contribution in [0, 0.1) is 18.7 Å². The monoisotopic (exact) mass is 463 g/mol. The maximum Gasteiger partial charge on any atom is 0.417 e. The molecule has 0 radical (unpaired) electrons. The molecule has 0 spiro atoms. The average molecular weight is 463 g/mol. The van der Waals surface area contributed by atoms with Crippen molar-refractivity contribution in [2.45, 2.75) is 25.9 Å². The van der Waals surface area contributed by atoms with E-state index in [1.165, 1.54) is 31.2 Å². The number of carbonyl (C=O) groups is 3. The molecule has 1 N–H and O–H groups in total. The number of aryl methyl sites for hydroxylation is 1. The summed E-state index contributed by atoms with van der Waals surface area (Å²) in [7, 11) is 0. The normalized spacial score (nSPS) is 16.9. The second kappa shape index (κ2) is 7.98. The number of alkyl halides is 3. The predicted molar refractivity (Wildman–Crippen MR) is 108 cm³/mol. The van der Waals surface area contributed by atoms with Gasteiger partial charge < -0.3 is 5.11 Å². The molecule has 0 aliphatic carbocycles. The molecule has 1 aromatic heterocycles. The SMILES string of the molecule is Cc1cccc(C(F)(F)F)c1C(=O)n1nc(N2CCC(C(=O)O)CC2=O)c2c(F)cccc21. The van der Waals surface area contributed by atoms with Crippen molar-refractivity contribution in [2.24, 2.45) is 5.92 Å². The number of aromatic nitrogens is 2. The van der Waals surface area contributed by atoms with Crippen LogP contribution in [0.3, 0.4) is 0 Å². The smallest absolute Gasteiger partial charge is 0.417 e. The summed E-state index contributed by atoms with van der Waals surface area (Å²) in [6, 6.07) is 6.95. The Kier molecular flexibility index (Phi) is 5.43. The van der Waals surface area contributed by atoms with Gasteiger partial charge in [-0.2, -0.15) is 17.9 Å². The zero-order chi connectivity index (χ0) is 24.1. The van der Waals surface area contributed by atoms with E-state index in [1.54, 1.807) is 0 Å². The van der Waals surface area contributed by atoms with Crippen molar-refractivity contribution >= 4 is 34.5 Å². The maximum absolute atomic E-state index is 14.8. The number of hydrogen-bond donors (Lipinski definition) is 1. The molecule has 0 bridgehead atoms. The molecular weight excluding hydrogens is 446 g/mol. The largest absolute Gasteiger partial charge is 0.481 e. The lowest BCUT2D eigenvalue weighted by Gasteiger charge is -2.28. The number of carbonyl (C=O) groups excluding carboxylic acids is 2. The van der Waals surface area contributed by atoms with Crippen LogP contribution in [0.1, 0.15) is 34.3 Å². The minimum absolute atomic E-state index is 0.0507. The Labute approximate surface area is 184 Å². The molecule has 2 aromatic carbocycles. The van der Waals surface area contributed by atoms with Crippen LogP contribution in [0.15, 0.2) is 36.4 Å². The first kappa shape index (κ1) is 22.4. The van der Waals surface area contributed by atoms with E-state index in [2.05, 4.69) is 5.10 Å². The number of anilines is 1. The van der Waals surface area contributed by atoms with Crippen LogP contribution in [-0.4, -0.2) is 39.2 Å². The number of aliphatic carboxylic acids is 1. The van der Waals surface area contributed by atoms with Crippen molar-refractivity contribution in [2.75, 3.05) is 11.4 Å². The Morgan fingerprint density at radius 3 is 2.48 bits per heavy atom. The number of rotatable bonds is 3. The standard InChI is InChI=1S/C22H17F4N3O4/c1-11-4-2-5-13(22(24,25)26)17(11)20(31)29-15-7-3-6-14(23)18(15)19(27-29)28-9-8-12(21(32)33)10-16(28)30/h2-7,12H,8-10H2,1H3,(H,32,33). The molecule has 1 saturated heterocycles. The molecule has 1 amide bonds. The van der Waals surface area contributed by atoms with Crippen molar-refractivity contribution in [3.63, 3.8) is 0 Å². The fourth-order valence-electron chi connectivity index (χ4n) is 4.01. The third kappa shape index (κ3) is 3.83. The number of hydrogen-bond acceptors (Lipinski definition) is 4. The molecule has 0 saturated carbocycles. The fourth-order valence-corrected chi connectivity index (χ4v) is 4.01. The van der Waals surface area contributed by atoms with E-state index in [-0.39, 0.29) is 41.7 Å². The van der Waals surface area contributed by atoms with Crippen LogP contribution in [0.4, 0.5) is 23.4 Å². The average Bonchev–Trinajstić information content (AvgIpc) is 3.13. The highest BCUT2D eigenvalue weighted by Gasteiger charge is 2.38. The number of carboxylic acid groups (broad SMARTS) is 1. The van der Waals surface area contributed by atoms with Gasteiger partial charge in [-0.3, -0.25) is 19.3 Å². The molecule has 1 unspecified atom stereocenters. The number of halogens is 4. The number of nitrogens with zero attached hydrogens (tertiary/aromatic N) is 3. The first-order valence-electron chi connectivity index (χ1n) is 9.92. The summed E-state index contributed by atoms with van der Waals surface area (Å²) in [5.74, 6) is -4.88. The lowest BCUT2D eigenvalue weighted by molar-refractivity contribution is -0.144. The Bertz CT molecular complexity index is 1300. The van der Waals surface area contributed by atoms with Crippen LogP contribution in [0.25, 0.3) is 10.9 Å². The summed E-state index contributed by atoms with van der Waals surface area (Å²) < 4.78 is 56.2.